The number of nitrogens with zero attached hydrogens (tertiary/aromatic N) is 2. The molecule has 7 heteroatoms. The summed E-state index contributed by atoms with van der Waals surface area (Å²) in [6, 6.07) is 21.8. The number of benzene rings is 4. The molecule has 4 aromatic rings. The Morgan fingerprint density at radius 2 is 1.59 bits per heavy atom. The van der Waals surface area contributed by atoms with Gasteiger partial charge in [0.25, 0.3) is 0 Å². The van der Waals surface area contributed by atoms with Crippen molar-refractivity contribution in [3.63, 3.8) is 0 Å². The van der Waals surface area contributed by atoms with Crippen LogP contribution in [0.3, 0.4) is 0 Å². The topological polar surface area (TPSA) is 94.6 Å². The fourth-order valence-electron chi connectivity index (χ4n) is 3.58. The van der Waals surface area contributed by atoms with E-state index < -0.39 is 15.9 Å². The van der Waals surface area contributed by atoms with E-state index in [1.807, 2.05) is 30.3 Å². The summed E-state index contributed by atoms with van der Waals surface area (Å²) in [7, 11) is -4.26. The summed E-state index contributed by atoms with van der Waals surface area (Å²) in [6.45, 7) is 4.21. The molecule has 0 atom stereocenters. The first-order valence-electron chi connectivity index (χ1n) is 10.0. The van der Waals surface area contributed by atoms with Crippen molar-refractivity contribution in [2.45, 2.75) is 24.7 Å². The quantitative estimate of drug-likeness (QED) is 0.280. The summed E-state index contributed by atoms with van der Waals surface area (Å²) in [6.07, 6.45) is 0. The van der Waals surface area contributed by atoms with Crippen LogP contribution in [-0.4, -0.2) is 8.42 Å². The van der Waals surface area contributed by atoms with E-state index in [1.165, 1.54) is 35.9 Å². The summed E-state index contributed by atoms with van der Waals surface area (Å²) in [5.74, 6) is 0.00570. The highest BCUT2D eigenvalue weighted by Crippen LogP contribution is 2.37. The molecule has 6 nitrogen and oxygen atoms in total. The average Bonchev–Trinajstić information content (AvgIpc) is 2.79. The molecule has 0 saturated carbocycles. The van der Waals surface area contributed by atoms with Crippen LogP contribution in [0.25, 0.3) is 26.9 Å². The van der Waals surface area contributed by atoms with E-state index >= 15 is 0 Å². The zero-order valence-electron chi connectivity index (χ0n) is 17.5. The van der Waals surface area contributed by atoms with Crippen LogP contribution >= 0.6 is 0 Å². The van der Waals surface area contributed by atoms with Gasteiger partial charge in [-0.25, -0.2) is 0 Å². The molecule has 4 rings (SSSR count). The summed E-state index contributed by atoms with van der Waals surface area (Å²) < 4.78 is 32.0. The smallest absolute Gasteiger partial charge is 0.378 e. The predicted octanol–water partition coefficient (Wildman–Crippen LogP) is 5.96. The van der Waals surface area contributed by atoms with Gasteiger partial charge in [-0.3, -0.25) is 0 Å². The van der Waals surface area contributed by atoms with Gasteiger partial charge in [-0.15, -0.1) is 0 Å². The SMILES string of the molecule is CC(C)c1ccc(-c2ccccc2OS(=O)(=O)c2cccc3c([O-])c([N+]#N)ccc23)cc1. The Labute approximate surface area is 186 Å². The Hall–Kier alpha value is -3.89. The Kier molecular flexibility index (Phi) is 5.56. The number of fused-ring (bicyclic) bond motifs is 1. The predicted molar refractivity (Wildman–Crippen MR) is 122 cm³/mol. The third kappa shape index (κ3) is 3.88. The maximum atomic E-state index is 13.2. The number of rotatable bonds is 5. The standard InChI is InChI=1S/C25H20N2O4S/c1-16(2)17-10-12-18(13-11-17)19-6-3-4-8-23(19)31-32(29,30)24-9-5-7-21-20(24)14-15-22(27-26)25(21)28/h3-16H,1-2H3. The largest absolute Gasteiger partial charge is 0.867 e. The second-order valence-electron chi connectivity index (χ2n) is 7.68. The molecular formula is C25H20N2O4S. The van der Waals surface area contributed by atoms with Crippen molar-refractivity contribution >= 4 is 26.6 Å². The molecule has 0 saturated heterocycles. The number of hydrogen-bond donors (Lipinski definition) is 0. The molecular weight excluding hydrogens is 424 g/mol. The van der Waals surface area contributed by atoms with E-state index in [2.05, 4.69) is 18.8 Å². The summed E-state index contributed by atoms with van der Waals surface area (Å²) in [5.41, 5.74) is 2.48. The zero-order chi connectivity index (χ0) is 22.9. The second kappa shape index (κ2) is 8.33. The van der Waals surface area contributed by atoms with E-state index in [4.69, 9.17) is 9.58 Å². The van der Waals surface area contributed by atoms with Crippen molar-refractivity contribution in [1.82, 2.24) is 0 Å². The third-order valence-corrected chi connectivity index (χ3v) is 6.60. The van der Waals surface area contributed by atoms with E-state index in [1.54, 1.807) is 18.2 Å². The van der Waals surface area contributed by atoms with Crippen molar-refractivity contribution in [1.29, 1.82) is 5.39 Å². The molecule has 0 aromatic heterocycles. The van der Waals surface area contributed by atoms with Gasteiger partial charge < -0.3 is 9.29 Å². The molecule has 0 aliphatic rings. The third-order valence-electron chi connectivity index (χ3n) is 5.30. The maximum Gasteiger partial charge on any atom is 0.378 e. The van der Waals surface area contributed by atoms with Gasteiger partial charge >= 0.3 is 15.8 Å². The van der Waals surface area contributed by atoms with Gasteiger partial charge in [0.15, 0.2) is 10.7 Å². The molecule has 4 aromatic carbocycles. The lowest BCUT2D eigenvalue weighted by Crippen LogP contribution is -2.11. The van der Waals surface area contributed by atoms with Crippen molar-refractivity contribution < 1.29 is 17.7 Å². The van der Waals surface area contributed by atoms with Gasteiger partial charge in [0, 0.05) is 17.0 Å². The highest BCUT2D eigenvalue weighted by atomic mass is 32.2. The molecule has 0 unspecified atom stereocenters. The van der Waals surface area contributed by atoms with Crippen LogP contribution in [0.5, 0.6) is 11.5 Å². The lowest BCUT2D eigenvalue weighted by atomic mass is 9.98. The minimum absolute atomic E-state index is 0.127. The Balaban J connectivity index is 1.77. The zero-order valence-corrected chi connectivity index (χ0v) is 18.3. The van der Waals surface area contributed by atoms with Gasteiger partial charge in [0.05, 0.1) is 0 Å². The molecule has 0 amide bonds. The molecule has 0 aliphatic heterocycles. The molecule has 0 bridgehead atoms. The van der Waals surface area contributed by atoms with E-state index in [-0.39, 0.29) is 27.1 Å². The van der Waals surface area contributed by atoms with Gasteiger partial charge in [-0.1, -0.05) is 68.4 Å². The molecule has 0 spiro atoms. The fourth-order valence-corrected chi connectivity index (χ4v) is 4.74. The van der Waals surface area contributed by atoms with Crippen LogP contribution in [0.1, 0.15) is 25.3 Å². The van der Waals surface area contributed by atoms with Crippen molar-refractivity contribution in [3.8, 4) is 22.6 Å². The molecule has 0 fully saturated rings. The lowest BCUT2D eigenvalue weighted by Gasteiger charge is -2.15. The highest BCUT2D eigenvalue weighted by Gasteiger charge is 2.23. The van der Waals surface area contributed by atoms with Crippen LogP contribution in [0.4, 0.5) is 5.69 Å². The Morgan fingerprint density at radius 3 is 2.28 bits per heavy atom. The van der Waals surface area contributed by atoms with Crippen LogP contribution < -0.4 is 9.29 Å². The molecule has 160 valence electrons. The summed E-state index contributed by atoms with van der Waals surface area (Å²) >= 11 is 0. The monoisotopic (exact) mass is 444 g/mol. The minimum atomic E-state index is -4.26. The van der Waals surface area contributed by atoms with Crippen molar-refractivity contribution in [3.05, 3.63) is 89.4 Å². The minimum Gasteiger partial charge on any atom is -0.867 e. The molecule has 32 heavy (non-hydrogen) atoms. The van der Waals surface area contributed by atoms with Gasteiger partial charge in [0.2, 0.25) is 5.39 Å². The average molecular weight is 445 g/mol. The molecule has 0 N–H and O–H groups in total. The van der Waals surface area contributed by atoms with E-state index in [0.29, 0.717) is 11.5 Å². The van der Waals surface area contributed by atoms with Crippen LogP contribution in [0.2, 0.25) is 0 Å². The van der Waals surface area contributed by atoms with Crippen molar-refractivity contribution in [2.24, 2.45) is 0 Å². The van der Waals surface area contributed by atoms with E-state index in [9.17, 15) is 13.5 Å². The molecule has 0 aliphatic carbocycles. The molecule has 0 heterocycles. The van der Waals surface area contributed by atoms with Crippen molar-refractivity contribution in [2.75, 3.05) is 0 Å². The maximum absolute atomic E-state index is 13.2. The number of diazo groups is 1. The second-order valence-corrected chi connectivity index (χ2v) is 9.19. The van der Waals surface area contributed by atoms with Crippen LogP contribution in [-0.2, 0) is 10.1 Å². The summed E-state index contributed by atoms with van der Waals surface area (Å²) in [4.78, 5) is 2.81. The summed E-state index contributed by atoms with van der Waals surface area (Å²) in [5, 5.41) is 21.7. The van der Waals surface area contributed by atoms with Gasteiger partial charge in [-0.2, -0.15) is 8.42 Å². The lowest BCUT2D eigenvalue weighted by molar-refractivity contribution is -0.264. The number of hydrogen-bond acceptors (Lipinski definition) is 5. The Morgan fingerprint density at radius 1 is 0.875 bits per heavy atom. The van der Waals surface area contributed by atoms with E-state index in [0.717, 1.165) is 5.56 Å². The number of para-hydroxylation sites is 1. The first-order chi connectivity index (χ1) is 15.3. The van der Waals surface area contributed by atoms with Crippen LogP contribution in [0.15, 0.2) is 83.8 Å². The van der Waals surface area contributed by atoms with Gasteiger partial charge in [-0.05, 0) is 46.4 Å². The highest BCUT2D eigenvalue weighted by molar-refractivity contribution is 7.87. The first-order valence-corrected chi connectivity index (χ1v) is 11.4. The first kappa shape index (κ1) is 21.3. The Bertz CT molecular complexity index is 1450. The van der Waals surface area contributed by atoms with Gasteiger partial charge in [0.1, 0.15) is 4.90 Å². The normalized spacial score (nSPS) is 11.4. The molecule has 0 radical (unpaired) electrons. The fraction of sp³-hybridized carbons (Fsp3) is 0.120. The van der Waals surface area contributed by atoms with Crippen LogP contribution in [0, 0.1) is 5.39 Å².